The van der Waals surface area contributed by atoms with Crippen LogP contribution in [-0.2, 0) is 26.2 Å². The largest absolute Gasteiger partial charge is 0.468 e. The molecular weight excluding hydrogens is 236 g/mol. The highest BCUT2D eigenvalue weighted by Crippen LogP contribution is 2.24. The normalized spacial score (nSPS) is 14.8. The molecule has 1 aromatic heterocycles. The standard InChI is InChI=1S/C16H20N2O/c1-2-17-8-13-7-16(19-12-13)11-18-9-14-5-3-4-6-15(14)10-18/h3-7,12,17H,2,8-11H2,1H3. The number of rotatable bonds is 5. The predicted octanol–water partition coefficient (Wildman–Crippen LogP) is 2.90. The summed E-state index contributed by atoms with van der Waals surface area (Å²) in [5.74, 6) is 1.06. The lowest BCUT2D eigenvalue weighted by Gasteiger charge is -2.12. The van der Waals surface area contributed by atoms with Gasteiger partial charge >= 0.3 is 0 Å². The molecular formula is C16H20N2O. The van der Waals surface area contributed by atoms with Gasteiger partial charge in [-0.15, -0.1) is 0 Å². The van der Waals surface area contributed by atoms with Gasteiger partial charge in [-0.3, -0.25) is 4.90 Å². The van der Waals surface area contributed by atoms with Gasteiger partial charge in [-0.2, -0.15) is 0 Å². The number of nitrogens with one attached hydrogen (secondary N) is 1. The van der Waals surface area contributed by atoms with Crippen LogP contribution in [0.25, 0.3) is 0 Å². The van der Waals surface area contributed by atoms with Gasteiger partial charge < -0.3 is 9.73 Å². The van der Waals surface area contributed by atoms with Gasteiger partial charge in [0.15, 0.2) is 0 Å². The first kappa shape index (κ1) is 12.5. The molecule has 0 fully saturated rings. The monoisotopic (exact) mass is 256 g/mol. The second-order valence-electron chi connectivity index (χ2n) is 5.12. The summed E-state index contributed by atoms with van der Waals surface area (Å²) in [6.07, 6.45) is 1.86. The molecule has 0 aliphatic carbocycles. The minimum absolute atomic E-state index is 0.889. The summed E-state index contributed by atoms with van der Waals surface area (Å²) in [4.78, 5) is 2.42. The number of fused-ring (bicyclic) bond motifs is 1. The summed E-state index contributed by atoms with van der Waals surface area (Å²) >= 11 is 0. The summed E-state index contributed by atoms with van der Waals surface area (Å²) in [7, 11) is 0. The molecule has 19 heavy (non-hydrogen) atoms. The molecule has 3 nitrogen and oxygen atoms in total. The molecule has 2 heterocycles. The summed E-state index contributed by atoms with van der Waals surface area (Å²) in [5.41, 5.74) is 4.12. The van der Waals surface area contributed by atoms with Crippen LogP contribution in [0.5, 0.6) is 0 Å². The van der Waals surface area contributed by atoms with Crippen LogP contribution < -0.4 is 5.32 Å². The third kappa shape index (κ3) is 2.88. The van der Waals surface area contributed by atoms with Crippen molar-refractivity contribution in [3.05, 3.63) is 59.0 Å². The first-order valence-corrected chi connectivity index (χ1v) is 6.91. The highest BCUT2D eigenvalue weighted by atomic mass is 16.3. The SMILES string of the molecule is CCNCc1coc(CN2Cc3ccccc3C2)c1. The number of furan rings is 1. The van der Waals surface area contributed by atoms with Gasteiger partial charge in [-0.05, 0) is 23.7 Å². The maximum atomic E-state index is 5.64. The Kier molecular flexibility index (Phi) is 3.67. The average Bonchev–Trinajstić information content (AvgIpc) is 3.02. The molecule has 3 rings (SSSR count). The van der Waals surface area contributed by atoms with E-state index >= 15 is 0 Å². The van der Waals surface area contributed by atoms with Crippen molar-refractivity contribution in [2.45, 2.75) is 33.1 Å². The van der Waals surface area contributed by atoms with Crippen molar-refractivity contribution >= 4 is 0 Å². The molecule has 0 spiro atoms. The lowest BCUT2D eigenvalue weighted by Crippen LogP contribution is -2.15. The zero-order valence-corrected chi connectivity index (χ0v) is 11.4. The summed E-state index contributed by atoms with van der Waals surface area (Å²) < 4.78 is 5.64. The summed E-state index contributed by atoms with van der Waals surface area (Å²) in [6, 6.07) is 10.8. The van der Waals surface area contributed by atoms with Crippen molar-refractivity contribution < 1.29 is 4.42 Å². The van der Waals surface area contributed by atoms with E-state index in [9.17, 15) is 0 Å². The van der Waals surface area contributed by atoms with Gasteiger partial charge in [0, 0.05) is 25.2 Å². The van der Waals surface area contributed by atoms with Crippen molar-refractivity contribution in [2.75, 3.05) is 6.54 Å². The molecule has 1 N–H and O–H groups in total. The Balaban J connectivity index is 1.60. The average molecular weight is 256 g/mol. The zero-order chi connectivity index (χ0) is 13.1. The summed E-state index contributed by atoms with van der Waals surface area (Å²) in [5, 5.41) is 3.31. The zero-order valence-electron chi connectivity index (χ0n) is 11.4. The highest BCUT2D eigenvalue weighted by molar-refractivity contribution is 5.30. The van der Waals surface area contributed by atoms with E-state index in [1.54, 1.807) is 0 Å². The highest BCUT2D eigenvalue weighted by Gasteiger charge is 2.19. The topological polar surface area (TPSA) is 28.4 Å². The van der Waals surface area contributed by atoms with Crippen LogP contribution in [0.15, 0.2) is 41.0 Å². The molecule has 0 atom stereocenters. The fourth-order valence-electron chi connectivity index (χ4n) is 2.61. The van der Waals surface area contributed by atoms with Gasteiger partial charge in [-0.25, -0.2) is 0 Å². The Morgan fingerprint density at radius 3 is 2.63 bits per heavy atom. The lowest BCUT2D eigenvalue weighted by molar-refractivity contribution is 0.251. The molecule has 0 unspecified atom stereocenters. The number of hydrogen-bond acceptors (Lipinski definition) is 3. The van der Waals surface area contributed by atoms with E-state index in [-0.39, 0.29) is 0 Å². The molecule has 0 saturated heterocycles. The molecule has 1 aliphatic rings. The Labute approximate surface area is 114 Å². The molecule has 1 aromatic carbocycles. The Bertz CT molecular complexity index is 522. The fraction of sp³-hybridized carbons (Fsp3) is 0.375. The van der Waals surface area contributed by atoms with Gasteiger partial charge in [0.2, 0.25) is 0 Å². The minimum atomic E-state index is 0.889. The Morgan fingerprint density at radius 2 is 1.95 bits per heavy atom. The molecule has 3 heteroatoms. The third-order valence-electron chi connectivity index (χ3n) is 3.57. The molecule has 100 valence electrons. The van der Waals surface area contributed by atoms with Crippen LogP contribution >= 0.6 is 0 Å². The predicted molar refractivity (Wildman–Crippen MR) is 75.5 cm³/mol. The van der Waals surface area contributed by atoms with E-state index in [1.165, 1.54) is 16.7 Å². The first-order valence-electron chi connectivity index (χ1n) is 6.91. The van der Waals surface area contributed by atoms with E-state index in [0.717, 1.165) is 38.5 Å². The number of hydrogen-bond donors (Lipinski definition) is 1. The Hall–Kier alpha value is -1.58. The Morgan fingerprint density at radius 1 is 1.21 bits per heavy atom. The van der Waals surface area contributed by atoms with Crippen molar-refractivity contribution in [3.8, 4) is 0 Å². The maximum Gasteiger partial charge on any atom is 0.118 e. The second-order valence-corrected chi connectivity index (χ2v) is 5.12. The minimum Gasteiger partial charge on any atom is -0.468 e. The molecule has 0 bridgehead atoms. The molecule has 0 saturated carbocycles. The summed E-state index contributed by atoms with van der Waals surface area (Å²) in [6.45, 7) is 6.93. The van der Waals surface area contributed by atoms with E-state index in [0.29, 0.717) is 0 Å². The quantitative estimate of drug-likeness (QED) is 0.891. The van der Waals surface area contributed by atoms with Crippen LogP contribution in [0.2, 0.25) is 0 Å². The van der Waals surface area contributed by atoms with Crippen LogP contribution in [0.3, 0.4) is 0 Å². The maximum absolute atomic E-state index is 5.64. The van der Waals surface area contributed by atoms with E-state index in [4.69, 9.17) is 4.42 Å². The van der Waals surface area contributed by atoms with Crippen LogP contribution in [-0.4, -0.2) is 11.4 Å². The van der Waals surface area contributed by atoms with Crippen molar-refractivity contribution in [3.63, 3.8) is 0 Å². The second kappa shape index (κ2) is 5.59. The van der Waals surface area contributed by atoms with Gasteiger partial charge in [0.25, 0.3) is 0 Å². The van der Waals surface area contributed by atoms with Crippen LogP contribution in [0.1, 0.15) is 29.4 Å². The number of benzene rings is 1. The molecule has 0 radical (unpaired) electrons. The van der Waals surface area contributed by atoms with E-state index in [2.05, 4.69) is 47.5 Å². The van der Waals surface area contributed by atoms with Crippen molar-refractivity contribution in [2.24, 2.45) is 0 Å². The van der Waals surface area contributed by atoms with Crippen molar-refractivity contribution in [1.82, 2.24) is 10.2 Å². The van der Waals surface area contributed by atoms with E-state index in [1.807, 2.05) is 6.26 Å². The van der Waals surface area contributed by atoms with Gasteiger partial charge in [0.1, 0.15) is 5.76 Å². The molecule has 1 aliphatic heterocycles. The number of nitrogens with zero attached hydrogens (tertiary/aromatic N) is 1. The van der Waals surface area contributed by atoms with Gasteiger partial charge in [-0.1, -0.05) is 31.2 Å². The smallest absolute Gasteiger partial charge is 0.118 e. The van der Waals surface area contributed by atoms with Gasteiger partial charge in [0.05, 0.1) is 12.8 Å². The fourth-order valence-corrected chi connectivity index (χ4v) is 2.61. The van der Waals surface area contributed by atoms with E-state index < -0.39 is 0 Å². The lowest BCUT2D eigenvalue weighted by atomic mass is 10.1. The van der Waals surface area contributed by atoms with Crippen LogP contribution in [0.4, 0.5) is 0 Å². The molecule has 0 amide bonds. The first-order chi connectivity index (χ1) is 9.35. The van der Waals surface area contributed by atoms with Crippen molar-refractivity contribution in [1.29, 1.82) is 0 Å². The molecule has 2 aromatic rings. The van der Waals surface area contributed by atoms with Crippen LogP contribution in [0, 0.1) is 0 Å². The third-order valence-corrected chi connectivity index (χ3v) is 3.57.